The van der Waals surface area contributed by atoms with Gasteiger partial charge >= 0.3 is 0 Å². The SMILES string of the molecule is COc1ccc(C(N)=S)c(Nc2nc(C(C)(C)C)cs2)c1. The highest BCUT2D eigenvalue weighted by molar-refractivity contribution is 7.80. The number of methoxy groups -OCH3 is 1. The van der Waals surface area contributed by atoms with Crippen LogP contribution in [-0.2, 0) is 5.41 Å². The lowest BCUT2D eigenvalue weighted by molar-refractivity contribution is 0.415. The van der Waals surface area contributed by atoms with Crippen molar-refractivity contribution in [2.24, 2.45) is 5.73 Å². The van der Waals surface area contributed by atoms with E-state index in [1.54, 1.807) is 18.4 Å². The smallest absolute Gasteiger partial charge is 0.187 e. The van der Waals surface area contributed by atoms with Gasteiger partial charge in [0.15, 0.2) is 5.13 Å². The summed E-state index contributed by atoms with van der Waals surface area (Å²) < 4.78 is 5.25. The Kier molecular flexibility index (Phi) is 4.49. The Labute approximate surface area is 134 Å². The van der Waals surface area contributed by atoms with E-state index in [1.165, 1.54) is 0 Å². The Morgan fingerprint density at radius 1 is 1.38 bits per heavy atom. The standard InChI is InChI=1S/C15H19N3OS2/c1-15(2,3)12-8-21-14(18-12)17-11-7-9(19-4)5-6-10(11)13(16)20/h5-8H,1-4H3,(H2,16,20)(H,17,18). The fourth-order valence-electron chi connectivity index (χ4n) is 1.76. The van der Waals surface area contributed by atoms with Crippen molar-refractivity contribution in [1.82, 2.24) is 4.98 Å². The molecule has 0 fully saturated rings. The monoisotopic (exact) mass is 321 g/mol. The maximum Gasteiger partial charge on any atom is 0.187 e. The van der Waals surface area contributed by atoms with Gasteiger partial charge in [0.1, 0.15) is 10.7 Å². The third kappa shape index (κ3) is 3.71. The predicted molar refractivity (Wildman–Crippen MR) is 93.0 cm³/mol. The second-order valence-electron chi connectivity index (χ2n) is 5.69. The number of nitrogens with zero attached hydrogens (tertiary/aromatic N) is 1. The van der Waals surface area contributed by atoms with E-state index in [0.717, 1.165) is 27.8 Å². The number of hydrogen-bond acceptors (Lipinski definition) is 5. The van der Waals surface area contributed by atoms with Crippen molar-refractivity contribution in [3.8, 4) is 5.75 Å². The molecule has 2 aromatic rings. The van der Waals surface area contributed by atoms with Crippen LogP contribution >= 0.6 is 23.6 Å². The number of thiazole rings is 1. The van der Waals surface area contributed by atoms with E-state index in [9.17, 15) is 0 Å². The molecule has 1 aromatic carbocycles. The molecule has 21 heavy (non-hydrogen) atoms. The summed E-state index contributed by atoms with van der Waals surface area (Å²) in [6, 6.07) is 5.55. The minimum Gasteiger partial charge on any atom is -0.497 e. The van der Waals surface area contributed by atoms with Gasteiger partial charge in [0.25, 0.3) is 0 Å². The summed E-state index contributed by atoms with van der Waals surface area (Å²) in [5, 5.41) is 6.15. The molecule has 0 spiro atoms. The highest BCUT2D eigenvalue weighted by Gasteiger charge is 2.18. The zero-order chi connectivity index (χ0) is 15.6. The van der Waals surface area contributed by atoms with Crippen LogP contribution in [-0.4, -0.2) is 17.1 Å². The van der Waals surface area contributed by atoms with Crippen LogP contribution in [0.2, 0.25) is 0 Å². The number of nitrogens with two attached hydrogens (primary N) is 1. The Bertz CT molecular complexity index is 659. The van der Waals surface area contributed by atoms with Crippen LogP contribution in [0.1, 0.15) is 32.0 Å². The fourth-order valence-corrected chi connectivity index (χ4v) is 2.89. The van der Waals surface area contributed by atoms with Crippen LogP contribution < -0.4 is 15.8 Å². The Balaban J connectivity index is 2.34. The van der Waals surface area contributed by atoms with Crippen LogP contribution in [0.25, 0.3) is 0 Å². The third-order valence-corrected chi connectivity index (χ3v) is 3.98. The molecule has 0 radical (unpaired) electrons. The van der Waals surface area contributed by atoms with Crippen molar-refractivity contribution in [2.45, 2.75) is 26.2 Å². The Morgan fingerprint density at radius 3 is 2.62 bits per heavy atom. The van der Waals surface area contributed by atoms with Gasteiger partial charge in [-0.2, -0.15) is 0 Å². The molecule has 4 nitrogen and oxygen atoms in total. The van der Waals surface area contributed by atoms with Crippen molar-refractivity contribution >= 4 is 39.4 Å². The molecule has 0 aliphatic carbocycles. The van der Waals surface area contributed by atoms with Crippen molar-refractivity contribution in [3.63, 3.8) is 0 Å². The number of hydrogen-bond donors (Lipinski definition) is 2. The molecule has 0 amide bonds. The molecule has 6 heteroatoms. The van der Waals surface area contributed by atoms with Gasteiger partial charge < -0.3 is 15.8 Å². The van der Waals surface area contributed by atoms with E-state index in [4.69, 9.17) is 22.7 Å². The van der Waals surface area contributed by atoms with Crippen LogP contribution in [0.5, 0.6) is 5.75 Å². The summed E-state index contributed by atoms with van der Waals surface area (Å²) in [4.78, 5) is 4.96. The molecule has 3 N–H and O–H groups in total. The molecule has 2 rings (SSSR count). The normalized spacial score (nSPS) is 11.2. The van der Waals surface area contributed by atoms with Gasteiger partial charge in [-0.3, -0.25) is 0 Å². The van der Waals surface area contributed by atoms with Crippen molar-refractivity contribution in [2.75, 3.05) is 12.4 Å². The molecule has 1 aromatic heterocycles. The zero-order valence-corrected chi connectivity index (χ0v) is 14.2. The first-order chi connectivity index (χ1) is 9.81. The minimum atomic E-state index is 0.0246. The number of benzene rings is 1. The maximum atomic E-state index is 5.77. The number of anilines is 2. The molecule has 0 bridgehead atoms. The van der Waals surface area contributed by atoms with Gasteiger partial charge in [0.05, 0.1) is 18.5 Å². The second kappa shape index (κ2) is 5.99. The summed E-state index contributed by atoms with van der Waals surface area (Å²) in [7, 11) is 1.63. The van der Waals surface area contributed by atoms with E-state index >= 15 is 0 Å². The van der Waals surface area contributed by atoms with Gasteiger partial charge in [0.2, 0.25) is 0 Å². The lowest BCUT2D eigenvalue weighted by atomic mass is 9.93. The number of thiocarbonyl (C=S) groups is 1. The topological polar surface area (TPSA) is 60.2 Å². The van der Waals surface area contributed by atoms with E-state index < -0.39 is 0 Å². The van der Waals surface area contributed by atoms with E-state index in [0.29, 0.717) is 4.99 Å². The van der Waals surface area contributed by atoms with Gasteiger partial charge in [0, 0.05) is 22.4 Å². The Hall–Kier alpha value is -1.66. The zero-order valence-electron chi connectivity index (χ0n) is 12.6. The van der Waals surface area contributed by atoms with Crippen LogP contribution in [0.3, 0.4) is 0 Å². The summed E-state index contributed by atoms with van der Waals surface area (Å²) in [5.41, 5.74) is 8.42. The quantitative estimate of drug-likeness (QED) is 0.838. The molecule has 112 valence electrons. The number of rotatable bonds is 4. The predicted octanol–water partition coefficient (Wildman–Crippen LogP) is 3.83. The number of aromatic nitrogens is 1. The van der Waals surface area contributed by atoms with Gasteiger partial charge in [-0.15, -0.1) is 11.3 Å². The van der Waals surface area contributed by atoms with Crippen LogP contribution in [0, 0.1) is 0 Å². The molecule has 1 heterocycles. The van der Waals surface area contributed by atoms with E-state index in [2.05, 4.69) is 36.5 Å². The molecule has 0 aliphatic heterocycles. The van der Waals surface area contributed by atoms with E-state index in [1.807, 2.05) is 18.2 Å². The van der Waals surface area contributed by atoms with Crippen molar-refractivity contribution in [1.29, 1.82) is 0 Å². The average Bonchev–Trinajstić information content (AvgIpc) is 2.86. The molecule has 0 saturated carbocycles. The summed E-state index contributed by atoms with van der Waals surface area (Å²) in [5.74, 6) is 0.741. The number of nitrogens with one attached hydrogen (secondary N) is 1. The summed E-state index contributed by atoms with van der Waals surface area (Å²) in [6.45, 7) is 6.41. The number of ether oxygens (including phenoxy) is 1. The molecular formula is C15H19N3OS2. The summed E-state index contributed by atoms with van der Waals surface area (Å²) in [6.07, 6.45) is 0. The van der Waals surface area contributed by atoms with Crippen LogP contribution in [0.15, 0.2) is 23.6 Å². The summed E-state index contributed by atoms with van der Waals surface area (Å²) >= 11 is 6.65. The first kappa shape index (κ1) is 15.7. The molecule has 0 saturated heterocycles. The largest absolute Gasteiger partial charge is 0.497 e. The lowest BCUT2D eigenvalue weighted by Crippen LogP contribution is -2.13. The third-order valence-electron chi connectivity index (χ3n) is 3.01. The highest BCUT2D eigenvalue weighted by atomic mass is 32.1. The maximum absolute atomic E-state index is 5.77. The second-order valence-corrected chi connectivity index (χ2v) is 6.99. The van der Waals surface area contributed by atoms with Crippen molar-refractivity contribution < 1.29 is 4.74 Å². The fraction of sp³-hybridized carbons (Fsp3) is 0.333. The van der Waals surface area contributed by atoms with E-state index in [-0.39, 0.29) is 5.41 Å². The molecule has 0 aliphatic rings. The molecular weight excluding hydrogens is 302 g/mol. The van der Waals surface area contributed by atoms with Gasteiger partial charge in [-0.25, -0.2) is 4.98 Å². The van der Waals surface area contributed by atoms with Gasteiger partial charge in [-0.05, 0) is 12.1 Å². The Morgan fingerprint density at radius 2 is 2.10 bits per heavy atom. The van der Waals surface area contributed by atoms with Gasteiger partial charge in [-0.1, -0.05) is 33.0 Å². The first-order valence-corrected chi connectivity index (χ1v) is 7.81. The highest BCUT2D eigenvalue weighted by Crippen LogP contribution is 2.30. The minimum absolute atomic E-state index is 0.0246. The van der Waals surface area contributed by atoms with Crippen LogP contribution in [0.4, 0.5) is 10.8 Å². The average molecular weight is 321 g/mol. The lowest BCUT2D eigenvalue weighted by Gasteiger charge is -2.14. The first-order valence-electron chi connectivity index (χ1n) is 6.52. The molecule has 0 unspecified atom stereocenters. The van der Waals surface area contributed by atoms with Crippen molar-refractivity contribution in [3.05, 3.63) is 34.8 Å². The molecule has 0 atom stereocenters.